The zero-order valence-electron chi connectivity index (χ0n) is 17.6. The van der Waals surface area contributed by atoms with Crippen LogP contribution in [-0.4, -0.2) is 32.6 Å². The molecule has 6 nitrogen and oxygen atoms in total. The summed E-state index contributed by atoms with van der Waals surface area (Å²) < 4.78 is 1.91. The molecule has 166 valence electrons. The Kier molecular flexibility index (Phi) is 7.44. The average molecular weight is 496 g/mol. The smallest absolute Gasteiger partial charge is 0.250 e. The molecule has 0 bridgehead atoms. The summed E-state index contributed by atoms with van der Waals surface area (Å²) in [6.07, 6.45) is 1.51. The van der Waals surface area contributed by atoms with Gasteiger partial charge in [-0.1, -0.05) is 83.0 Å². The Morgan fingerprint density at radius 1 is 1.03 bits per heavy atom. The molecular formula is C24H19Cl2N5OS. The van der Waals surface area contributed by atoms with Gasteiger partial charge in [0.25, 0.3) is 5.91 Å². The second-order valence-electron chi connectivity index (χ2n) is 7.09. The van der Waals surface area contributed by atoms with Crippen LogP contribution in [0, 0.1) is 6.92 Å². The fraction of sp³-hybridized carbons (Fsp3) is 0.0833. The number of benzene rings is 3. The number of hydrogen-bond acceptors (Lipinski definition) is 5. The van der Waals surface area contributed by atoms with Crippen molar-refractivity contribution in [2.45, 2.75) is 12.1 Å². The normalized spacial score (nSPS) is 11.1. The van der Waals surface area contributed by atoms with Gasteiger partial charge in [-0.3, -0.25) is 9.36 Å². The highest BCUT2D eigenvalue weighted by Crippen LogP contribution is 2.28. The summed E-state index contributed by atoms with van der Waals surface area (Å²) in [5.74, 6) is 0.516. The Morgan fingerprint density at radius 3 is 2.48 bits per heavy atom. The molecule has 0 radical (unpaired) electrons. The van der Waals surface area contributed by atoms with Crippen molar-refractivity contribution >= 4 is 47.1 Å². The zero-order valence-corrected chi connectivity index (χ0v) is 19.9. The summed E-state index contributed by atoms with van der Waals surface area (Å²) in [6, 6.07) is 22.7. The van der Waals surface area contributed by atoms with Crippen LogP contribution >= 0.6 is 35.0 Å². The maximum absolute atomic E-state index is 12.3. The van der Waals surface area contributed by atoms with E-state index in [-0.39, 0.29) is 11.7 Å². The van der Waals surface area contributed by atoms with Gasteiger partial charge in [-0.25, -0.2) is 5.43 Å². The first-order valence-corrected chi connectivity index (χ1v) is 11.7. The van der Waals surface area contributed by atoms with Crippen LogP contribution in [0.5, 0.6) is 0 Å². The highest BCUT2D eigenvalue weighted by molar-refractivity contribution is 7.99. The second-order valence-corrected chi connectivity index (χ2v) is 8.87. The third-order valence-electron chi connectivity index (χ3n) is 4.66. The number of nitrogens with zero attached hydrogens (tertiary/aromatic N) is 4. The van der Waals surface area contributed by atoms with E-state index >= 15 is 0 Å². The van der Waals surface area contributed by atoms with Crippen LogP contribution in [0.25, 0.3) is 17.1 Å². The van der Waals surface area contributed by atoms with Crippen molar-refractivity contribution in [3.05, 3.63) is 94.0 Å². The molecule has 9 heteroatoms. The number of halogens is 2. The minimum atomic E-state index is -0.272. The van der Waals surface area contributed by atoms with Gasteiger partial charge < -0.3 is 0 Å². The van der Waals surface area contributed by atoms with Crippen molar-refractivity contribution < 1.29 is 4.79 Å². The van der Waals surface area contributed by atoms with Gasteiger partial charge in [0.1, 0.15) is 0 Å². The van der Waals surface area contributed by atoms with Crippen molar-refractivity contribution in [1.29, 1.82) is 0 Å². The van der Waals surface area contributed by atoms with E-state index in [1.807, 2.05) is 66.1 Å². The van der Waals surface area contributed by atoms with Gasteiger partial charge in [0, 0.05) is 26.9 Å². The molecule has 0 aliphatic carbocycles. The number of aromatic nitrogens is 3. The van der Waals surface area contributed by atoms with Crippen LogP contribution in [0.1, 0.15) is 11.1 Å². The molecule has 0 unspecified atom stereocenters. The fourth-order valence-corrected chi connectivity index (χ4v) is 4.05. The molecule has 0 saturated carbocycles. The summed E-state index contributed by atoms with van der Waals surface area (Å²) in [6.45, 7) is 2.03. The molecule has 0 saturated heterocycles. The third kappa shape index (κ3) is 5.82. The van der Waals surface area contributed by atoms with E-state index in [1.54, 1.807) is 18.2 Å². The van der Waals surface area contributed by atoms with Gasteiger partial charge in [-0.2, -0.15) is 5.10 Å². The Balaban J connectivity index is 1.52. The number of carbonyl (C=O) groups is 1. The number of hydrazone groups is 1. The lowest BCUT2D eigenvalue weighted by Crippen LogP contribution is -2.20. The second kappa shape index (κ2) is 10.7. The van der Waals surface area contributed by atoms with E-state index < -0.39 is 0 Å². The Hall–Kier alpha value is -3.13. The van der Waals surface area contributed by atoms with Gasteiger partial charge in [-0.15, -0.1) is 10.2 Å². The minimum absolute atomic E-state index is 0.111. The number of nitrogens with one attached hydrogen (secondary N) is 1. The van der Waals surface area contributed by atoms with Crippen LogP contribution in [0.15, 0.2) is 83.1 Å². The van der Waals surface area contributed by atoms with Gasteiger partial charge in [0.05, 0.1) is 12.0 Å². The van der Waals surface area contributed by atoms with Crippen LogP contribution < -0.4 is 5.43 Å². The first-order chi connectivity index (χ1) is 16.0. The molecule has 1 amide bonds. The fourth-order valence-electron chi connectivity index (χ4n) is 2.99. The van der Waals surface area contributed by atoms with Crippen LogP contribution in [-0.2, 0) is 4.79 Å². The number of carbonyl (C=O) groups excluding carboxylic acids is 1. The zero-order chi connectivity index (χ0) is 23.2. The molecule has 4 rings (SSSR count). The third-order valence-corrected chi connectivity index (χ3v) is 6.18. The van der Waals surface area contributed by atoms with Crippen LogP contribution in [0.4, 0.5) is 0 Å². The highest BCUT2D eigenvalue weighted by Gasteiger charge is 2.17. The number of aryl methyl sites for hydroxylation is 1. The standard InChI is InChI=1S/C24H19Cl2N5OS/c1-16-6-8-17(9-7-16)23-29-30-24(31(23)20-12-10-19(25)11-13-20)33-15-22(32)28-27-14-18-4-2-3-5-21(18)26/h2-14H,15H2,1H3,(H,28,32)/b27-14+. The Labute approximate surface area is 205 Å². The summed E-state index contributed by atoms with van der Waals surface area (Å²) in [5.41, 5.74) is 6.16. The van der Waals surface area contributed by atoms with E-state index in [9.17, 15) is 4.79 Å². The molecular weight excluding hydrogens is 477 g/mol. The summed E-state index contributed by atoms with van der Waals surface area (Å²) >= 11 is 13.4. The molecule has 0 aliphatic heterocycles. The van der Waals surface area contributed by atoms with Gasteiger partial charge >= 0.3 is 0 Å². The van der Waals surface area contributed by atoms with Crippen LogP contribution in [0.2, 0.25) is 10.0 Å². The minimum Gasteiger partial charge on any atom is -0.272 e. The maximum atomic E-state index is 12.3. The molecule has 1 N–H and O–H groups in total. The summed E-state index contributed by atoms with van der Waals surface area (Å²) in [4.78, 5) is 12.3. The van der Waals surface area contributed by atoms with E-state index in [0.717, 1.165) is 22.4 Å². The van der Waals surface area contributed by atoms with E-state index in [4.69, 9.17) is 23.2 Å². The molecule has 3 aromatic carbocycles. The first kappa shape index (κ1) is 23.0. The summed E-state index contributed by atoms with van der Waals surface area (Å²) in [5, 5.41) is 14.5. The van der Waals surface area contributed by atoms with Gasteiger partial charge in [0.2, 0.25) is 0 Å². The van der Waals surface area contributed by atoms with Crippen molar-refractivity contribution in [3.63, 3.8) is 0 Å². The number of thioether (sulfide) groups is 1. The lowest BCUT2D eigenvalue weighted by molar-refractivity contribution is -0.118. The van der Waals surface area contributed by atoms with Gasteiger partial charge in [-0.05, 0) is 37.3 Å². The molecule has 33 heavy (non-hydrogen) atoms. The highest BCUT2D eigenvalue weighted by atomic mass is 35.5. The summed E-state index contributed by atoms with van der Waals surface area (Å²) in [7, 11) is 0. The lowest BCUT2D eigenvalue weighted by atomic mass is 10.1. The molecule has 1 heterocycles. The predicted molar refractivity (Wildman–Crippen MR) is 134 cm³/mol. The average Bonchev–Trinajstić information content (AvgIpc) is 3.24. The van der Waals surface area contributed by atoms with Crippen molar-refractivity contribution in [2.24, 2.45) is 5.10 Å². The molecule has 0 fully saturated rings. The van der Waals surface area contributed by atoms with E-state index in [2.05, 4.69) is 20.7 Å². The monoisotopic (exact) mass is 495 g/mol. The topological polar surface area (TPSA) is 72.2 Å². The largest absolute Gasteiger partial charge is 0.272 e. The molecule has 0 atom stereocenters. The SMILES string of the molecule is Cc1ccc(-c2nnc(SCC(=O)N/N=C/c3ccccc3Cl)n2-c2ccc(Cl)cc2)cc1. The predicted octanol–water partition coefficient (Wildman–Crippen LogP) is 5.79. The van der Waals surface area contributed by atoms with E-state index in [0.29, 0.717) is 21.0 Å². The van der Waals surface area contributed by atoms with Crippen molar-refractivity contribution in [3.8, 4) is 17.1 Å². The number of amides is 1. The van der Waals surface area contributed by atoms with E-state index in [1.165, 1.54) is 18.0 Å². The van der Waals surface area contributed by atoms with Gasteiger partial charge in [0.15, 0.2) is 11.0 Å². The van der Waals surface area contributed by atoms with Crippen LogP contribution in [0.3, 0.4) is 0 Å². The lowest BCUT2D eigenvalue weighted by Gasteiger charge is -2.10. The molecule has 1 aromatic heterocycles. The maximum Gasteiger partial charge on any atom is 0.250 e. The Morgan fingerprint density at radius 2 is 1.76 bits per heavy atom. The van der Waals surface area contributed by atoms with Crippen molar-refractivity contribution in [2.75, 3.05) is 5.75 Å². The Bertz CT molecular complexity index is 1290. The van der Waals surface area contributed by atoms with Crippen molar-refractivity contribution in [1.82, 2.24) is 20.2 Å². The quantitative estimate of drug-likeness (QED) is 0.200. The molecule has 0 spiro atoms. The first-order valence-electron chi connectivity index (χ1n) is 9.99. The number of hydrogen-bond donors (Lipinski definition) is 1. The molecule has 4 aromatic rings. The molecule has 0 aliphatic rings. The number of rotatable bonds is 7.